The van der Waals surface area contributed by atoms with Gasteiger partial charge in [0.1, 0.15) is 6.61 Å². The van der Waals surface area contributed by atoms with E-state index in [-0.39, 0.29) is 18.5 Å². The lowest BCUT2D eigenvalue weighted by atomic mass is 10.0. The highest BCUT2D eigenvalue weighted by Crippen LogP contribution is 2.03. The molecule has 0 aliphatic rings. The van der Waals surface area contributed by atoms with Crippen LogP contribution in [0, 0.1) is 0 Å². The molecule has 0 heterocycles. The Labute approximate surface area is 96.6 Å². The molecule has 0 fully saturated rings. The second-order valence-corrected chi connectivity index (χ2v) is 4.12. The van der Waals surface area contributed by atoms with Crippen LogP contribution in [0.25, 0.3) is 0 Å². The summed E-state index contributed by atoms with van der Waals surface area (Å²) in [7, 11) is 0. The summed E-state index contributed by atoms with van der Waals surface area (Å²) in [5.74, 6) is -0.0439. The monoisotopic (exact) mass is 221 g/mol. The molecule has 16 heavy (non-hydrogen) atoms. The van der Waals surface area contributed by atoms with Crippen molar-refractivity contribution in [1.82, 2.24) is 0 Å². The number of carbonyl (C=O) groups is 1. The Morgan fingerprint density at radius 1 is 1.31 bits per heavy atom. The molecule has 0 spiro atoms. The molecule has 1 atom stereocenters. The van der Waals surface area contributed by atoms with Crippen molar-refractivity contribution in [2.75, 3.05) is 6.61 Å². The molecule has 0 saturated carbocycles. The Balaban J connectivity index is 2.40. The van der Waals surface area contributed by atoms with Gasteiger partial charge < -0.3 is 10.5 Å². The van der Waals surface area contributed by atoms with Gasteiger partial charge in [-0.05, 0) is 25.8 Å². The van der Waals surface area contributed by atoms with E-state index in [0.29, 0.717) is 6.42 Å². The molecule has 1 rings (SSSR count). The Morgan fingerprint density at radius 3 is 2.50 bits per heavy atom. The molecule has 1 unspecified atom stereocenters. The number of nitrogens with two attached hydrogens (primary N) is 1. The van der Waals surface area contributed by atoms with Crippen LogP contribution in [0.4, 0.5) is 0 Å². The summed E-state index contributed by atoms with van der Waals surface area (Å²) >= 11 is 0. The number of ketones is 1. The maximum absolute atomic E-state index is 11.6. The van der Waals surface area contributed by atoms with Crippen LogP contribution in [0.15, 0.2) is 30.3 Å². The quantitative estimate of drug-likeness (QED) is 0.793. The predicted molar refractivity (Wildman–Crippen MR) is 64.2 cm³/mol. The van der Waals surface area contributed by atoms with Crippen LogP contribution < -0.4 is 5.73 Å². The van der Waals surface area contributed by atoms with Gasteiger partial charge in [-0.25, -0.2) is 0 Å². The summed E-state index contributed by atoms with van der Waals surface area (Å²) < 4.78 is 5.23. The molecule has 0 radical (unpaired) electrons. The minimum Gasteiger partial charge on any atom is -0.371 e. The van der Waals surface area contributed by atoms with Crippen molar-refractivity contribution in [1.29, 1.82) is 0 Å². The standard InChI is InChI=1S/C13H19NO2/c1-10(2)16-9-13(15)12(14)8-11-6-4-3-5-7-11/h3-7,10,12H,8-9,14H2,1-2H3. The fourth-order valence-corrected chi connectivity index (χ4v) is 1.34. The second kappa shape index (κ2) is 6.40. The molecular weight excluding hydrogens is 202 g/mol. The van der Waals surface area contributed by atoms with E-state index in [4.69, 9.17) is 10.5 Å². The molecule has 3 nitrogen and oxygen atoms in total. The molecule has 88 valence electrons. The van der Waals surface area contributed by atoms with E-state index in [1.807, 2.05) is 44.2 Å². The Kier molecular flexibility index (Phi) is 5.15. The first-order valence-corrected chi connectivity index (χ1v) is 5.53. The lowest BCUT2D eigenvalue weighted by Gasteiger charge is -2.12. The molecular formula is C13H19NO2. The highest BCUT2D eigenvalue weighted by molar-refractivity contribution is 5.85. The smallest absolute Gasteiger partial charge is 0.175 e. The van der Waals surface area contributed by atoms with Gasteiger partial charge in [0.05, 0.1) is 12.1 Å². The maximum atomic E-state index is 11.6. The van der Waals surface area contributed by atoms with E-state index < -0.39 is 6.04 Å². The van der Waals surface area contributed by atoms with E-state index in [1.165, 1.54) is 0 Å². The molecule has 2 N–H and O–H groups in total. The van der Waals surface area contributed by atoms with E-state index in [9.17, 15) is 4.79 Å². The van der Waals surface area contributed by atoms with Gasteiger partial charge >= 0.3 is 0 Å². The van der Waals surface area contributed by atoms with Gasteiger partial charge in [0.25, 0.3) is 0 Å². The lowest BCUT2D eigenvalue weighted by molar-refractivity contribution is -0.126. The summed E-state index contributed by atoms with van der Waals surface area (Å²) in [6, 6.07) is 9.29. The highest BCUT2D eigenvalue weighted by Gasteiger charge is 2.14. The Hall–Kier alpha value is -1.19. The summed E-state index contributed by atoms with van der Waals surface area (Å²) in [4.78, 5) is 11.6. The van der Waals surface area contributed by atoms with E-state index in [1.54, 1.807) is 0 Å². The molecule has 0 bridgehead atoms. The second-order valence-electron chi connectivity index (χ2n) is 4.12. The summed E-state index contributed by atoms with van der Waals surface area (Å²) in [6.45, 7) is 3.90. The summed E-state index contributed by atoms with van der Waals surface area (Å²) in [5.41, 5.74) is 6.88. The topological polar surface area (TPSA) is 52.3 Å². The van der Waals surface area contributed by atoms with E-state index >= 15 is 0 Å². The molecule has 0 aromatic heterocycles. The van der Waals surface area contributed by atoms with Crippen molar-refractivity contribution >= 4 is 5.78 Å². The molecule has 1 aromatic carbocycles. The third kappa shape index (κ3) is 4.55. The van der Waals surface area contributed by atoms with Gasteiger partial charge in [-0.2, -0.15) is 0 Å². The lowest BCUT2D eigenvalue weighted by Crippen LogP contribution is -2.36. The molecule has 3 heteroatoms. The number of rotatable bonds is 6. The average molecular weight is 221 g/mol. The van der Waals surface area contributed by atoms with Crippen molar-refractivity contribution in [3.05, 3.63) is 35.9 Å². The van der Waals surface area contributed by atoms with Gasteiger partial charge in [-0.3, -0.25) is 4.79 Å². The first-order valence-electron chi connectivity index (χ1n) is 5.53. The normalized spacial score (nSPS) is 12.8. The minimum absolute atomic E-state index is 0.0439. The molecule has 0 aliphatic carbocycles. The number of Topliss-reactive ketones (excluding diaryl/α,β-unsaturated/α-hetero) is 1. The van der Waals surface area contributed by atoms with Gasteiger partial charge in [0.2, 0.25) is 0 Å². The largest absolute Gasteiger partial charge is 0.371 e. The van der Waals surface area contributed by atoms with Crippen molar-refractivity contribution in [2.45, 2.75) is 32.4 Å². The fraction of sp³-hybridized carbons (Fsp3) is 0.462. The zero-order valence-corrected chi connectivity index (χ0v) is 9.85. The number of hydrogen-bond acceptors (Lipinski definition) is 3. The summed E-state index contributed by atoms with van der Waals surface area (Å²) in [5, 5.41) is 0. The van der Waals surface area contributed by atoms with Gasteiger partial charge in [-0.1, -0.05) is 30.3 Å². The van der Waals surface area contributed by atoms with Crippen molar-refractivity contribution in [2.24, 2.45) is 5.73 Å². The number of benzene rings is 1. The van der Waals surface area contributed by atoms with Crippen LogP contribution in [-0.4, -0.2) is 24.5 Å². The van der Waals surface area contributed by atoms with Crippen LogP contribution in [-0.2, 0) is 16.0 Å². The SMILES string of the molecule is CC(C)OCC(=O)C(N)Cc1ccccc1. The van der Waals surface area contributed by atoms with Crippen LogP contribution in [0.2, 0.25) is 0 Å². The maximum Gasteiger partial charge on any atom is 0.175 e. The first-order chi connectivity index (χ1) is 7.59. The minimum atomic E-state index is -0.471. The van der Waals surface area contributed by atoms with Crippen LogP contribution in [0.3, 0.4) is 0 Å². The predicted octanol–water partition coefficient (Wildman–Crippen LogP) is 1.55. The average Bonchev–Trinajstić information content (AvgIpc) is 2.27. The van der Waals surface area contributed by atoms with E-state index in [0.717, 1.165) is 5.56 Å². The third-order valence-corrected chi connectivity index (χ3v) is 2.27. The molecule has 1 aromatic rings. The van der Waals surface area contributed by atoms with Crippen LogP contribution in [0.1, 0.15) is 19.4 Å². The highest BCUT2D eigenvalue weighted by atomic mass is 16.5. The number of ether oxygens (including phenoxy) is 1. The Bertz CT molecular complexity index is 322. The molecule has 0 saturated heterocycles. The van der Waals surface area contributed by atoms with Gasteiger partial charge in [-0.15, -0.1) is 0 Å². The fourth-order valence-electron chi connectivity index (χ4n) is 1.34. The van der Waals surface area contributed by atoms with E-state index in [2.05, 4.69) is 0 Å². The van der Waals surface area contributed by atoms with Gasteiger partial charge in [0, 0.05) is 0 Å². The number of hydrogen-bond donors (Lipinski definition) is 1. The number of carbonyl (C=O) groups excluding carboxylic acids is 1. The van der Waals surface area contributed by atoms with Crippen molar-refractivity contribution in [3.8, 4) is 0 Å². The van der Waals surface area contributed by atoms with Crippen molar-refractivity contribution in [3.63, 3.8) is 0 Å². The zero-order chi connectivity index (χ0) is 12.0. The Morgan fingerprint density at radius 2 is 1.94 bits per heavy atom. The molecule has 0 aliphatic heterocycles. The zero-order valence-electron chi connectivity index (χ0n) is 9.85. The molecule has 0 amide bonds. The summed E-state index contributed by atoms with van der Waals surface area (Å²) in [6.07, 6.45) is 0.633. The van der Waals surface area contributed by atoms with Gasteiger partial charge in [0.15, 0.2) is 5.78 Å². The van der Waals surface area contributed by atoms with Crippen LogP contribution in [0.5, 0.6) is 0 Å². The van der Waals surface area contributed by atoms with Crippen LogP contribution >= 0.6 is 0 Å². The van der Waals surface area contributed by atoms with Crippen molar-refractivity contribution < 1.29 is 9.53 Å². The third-order valence-electron chi connectivity index (χ3n) is 2.27. The first kappa shape index (κ1) is 12.9.